The van der Waals surface area contributed by atoms with E-state index in [1.807, 2.05) is 41.7 Å². The lowest BCUT2D eigenvalue weighted by Gasteiger charge is -2.13. The van der Waals surface area contributed by atoms with Crippen LogP contribution in [0.1, 0.15) is 0 Å². The van der Waals surface area contributed by atoms with E-state index < -0.39 is 0 Å². The lowest BCUT2D eigenvalue weighted by molar-refractivity contribution is 0.669. The Morgan fingerprint density at radius 2 is 0.982 bits per heavy atom. The highest BCUT2D eigenvalue weighted by molar-refractivity contribution is 7.26. The van der Waals surface area contributed by atoms with Gasteiger partial charge in [0.1, 0.15) is 11.2 Å². The zero-order valence-corrected chi connectivity index (χ0v) is 30.7. The van der Waals surface area contributed by atoms with Crippen molar-refractivity contribution < 1.29 is 4.42 Å². The first-order valence-corrected chi connectivity index (χ1v) is 19.6. The van der Waals surface area contributed by atoms with Crippen LogP contribution in [0.5, 0.6) is 0 Å². The van der Waals surface area contributed by atoms with Gasteiger partial charge in [-0.15, -0.1) is 11.3 Å². The summed E-state index contributed by atoms with van der Waals surface area (Å²) in [5, 5.41) is 11.8. The molecule has 9 aromatic carbocycles. The lowest BCUT2D eigenvalue weighted by atomic mass is 9.94. The fraction of sp³-hybridized carbons (Fsp3) is 0. The number of hydrogen-bond acceptors (Lipinski definition) is 5. The molecule has 0 aliphatic rings. The normalized spacial score (nSPS) is 11.9. The van der Waals surface area contributed by atoms with E-state index in [1.54, 1.807) is 0 Å². The predicted octanol–water partition coefficient (Wildman–Crippen LogP) is 14.3. The lowest BCUT2D eigenvalue weighted by Crippen LogP contribution is -2.00. The number of para-hydroxylation sites is 1. The Morgan fingerprint density at radius 3 is 1.89 bits per heavy atom. The summed E-state index contributed by atoms with van der Waals surface area (Å²) in [5.74, 6) is 1.87. The van der Waals surface area contributed by atoms with Crippen LogP contribution in [-0.2, 0) is 0 Å². The molecule has 260 valence electrons. The van der Waals surface area contributed by atoms with Gasteiger partial charge in [-0.2, -0.15) is 0 Å². The molecule has 0 saturated carbocycles. The highest BCUT2D eigenvalue weighted by Gasteiger charge is 2.18. The van der Waals surface area contributed by atoms with Crippen molar-refractivity contribution in [1.82, 2.24) is 15.0 Å². The number of nitrogens with zero attached hydrogens (tertiary/aromatic N) is 3. The molecule has 4 nitrogen and oxygen atoms in total. The van der Waals surface area contributed by atoms with Crippen LogP contribution < -0.4 is 0 Å². The third-order valence-electron chi connectivity index (χ3n) is 11.1. The second kappa shape index (κ2) is 12.2. The van der Waals surface area contributed by atoms with Crippen molar-refractivity contribution in [3.05, 3.63) is 176 Å². The maximum absolute atomic E-state index is 6.17. The Balaban J connectivity index is 1.04. The van der Waals surface area contributed by atoms with Gasteiger partial charge in [-0.1, -0.05) is 133 Å². The SMILES string of the molecule is c1ccc2cc(-c3nc(-c4ccc5oc6ccccc6c5c4)nc(-c4cccc5cc(-c6cccc7ccc8c9ccccc9sc8c67)ccc45)n3)ccc2c1. The molecular weight excluding hydrogens is 703 g/mol. The Morgan fingerprint density at radius 1 is 0.357 bits per heavy atom. The van der Waals surface area contributed by atoms with Gasteiger partial charge in [0, 0.05) is 53.0 Å². The minimum Gasteiger partial charge on any atom is -0.456 e. The first-order valence-electron chi connectivity index (χ1n) is 18.8. The van der Waals surface area contributed by atoms with Gasteiger partial charge in [0.05, 0.1) is 0 Å². The summed E-state index contributed by atoms with van der Waals surface area (Å²) in [5.41, 5.74) is 6.91. The summed E-state index contributed by atoms with van der Waals surface area (Å²) in [6, 6.07) is 62.2. The number of fused-ring (bicyclic) bond motifs is 10. The Bertz CT molecular complexity index is 3560. The Hall–Kier alpha value is -7.21. The van der Waals surface area contributed by atoms with Crippen molar-refractivity contribution >= 4 is 85.8 Å². The van der Waals surface area contributed by atoms with Crippen molar-refractivity contribution in [2.75, 3.05) is 0 Å². The van der Waals surface area contributed by atoms with E-state index in [9.17, 15) is 0 Å². The van der Waals surface area contributed by atoms with Crippen LogP contribution in [0.25, 0.3) is 120 Å². The van der Waals surface area contributed by atoms with Gasteiger partial charge < -0.3 is 4.42 Å². The molecule has 5 heteroatoms. The molecule has 0 aliphatic carbocycles. The summed E-state index contributed by atoms with van der Waals surface area (Å²) in [6.07, 6.45) is 0. The van der Waals surface area contributed by atoms with Crippen LogP contribution in [0.15, 0.2) is 180 Å². The predicted molar refractivity (Wildman–Crippen MR) is 234 cm³/mol. The molecule has 0 fully saturated rings. The van der Waals surface area contributed by atoms with E-state index in [1.165, 1.54) is 47.5 Å². The molecule has 0 spiro atoms. The standard InChI is InChI=1S/C51H29N3OS/c1-2-10-32-27-35(20-19-30(32)9-1)49-52-50(36-23-26-45-43(29-36)39-13-3-5-17-44(39)55-45)54-51(53-49)42-16-8-12-33-28-34(22-24-37(33)42)38-15-7-11-31-21-25-41-40-14-4-6-18-46(40)56-48(41)47(31)38/h1-29H. The van der Waals surface area contributed by atoms with Crippen molar-refractivity contribution in [2.45, 2.75) is 0 Å². The molecule has 0 aliphatic heterocycles. The number of thiophene rings is 1. The number of furan rings is 1. The van der Waals surface area contributed by atoms with E-state index >= 15 is 0 Å². The molecule has 56 heavy (non-hydrogen) atoms. The van der Waals surface area contributed by atoms with E-state index in [2.05, 4.69) is 146 Å². The fourth-order valence-electron chi connectivity index (χ4n) is 8.39. The van der Waals surface area contributed by atoms with Crippen molar-refractivity contribution in [3.8, 4) is 45.3 Å². The molecule has 0 atom stereocenters. The summed E-state index contributed by atoms with van der Waals surface area (Å²) >= 11 is 1.88. The van der Waals surface area contributed by atoms with Crippen LogP contribution >= 0.6 is 11.3 Å². The largest absolute Gasteiger partial charge is 0.456 e. The second-order valence-corrected chi connectivity index (χ2v) is 15.4. The van der Waals surface area contributed by atoms with Crippen molar-refractivity contribution in [3.63, 3.8) is 0 Å². The van der Waals surface area contributed by atoms with Crippen LogP contribution in [0.4, 0.5) is 0 Å². The number of rotatable bonds is 4. The zero-order valence-electron chi connectivity index (χ0n) is 29.9. The maximum atomic E-state index is 6.17. The van der Waals surface area contributed by atoms with Gasteiger partial charge in [-0.3, -0.25) is 0 Å². The van der Waals surface area contributed by atoms with Crippen LogP contribution in [0.2, 0.25) is 0 Å². The topological polar surface area (TPSA) is 51.8 Å². The molecule has 3 aromatic heterocycles. The summed E-state index contributed by atoms with van der Waals surface area (Å²) in [4.78, 5) is 15.5. The second-order valence-electron chi connectivity index (χ2n) is 14.4. The smallest absolute Gasteiger partial charge is 0.164 e. The molecular formula is C51H29N3OS. The van der Waals surface area contributed by atoms with Crippen LogP contribution in [0, 0.1) is 0 Å². The van der Waals surface area contributed by atoms with Gasteiger partial charge in [0.25, 0.3) is 0 Å². The summed E-state index contributed by atoms with van der Waals surface area (Å²) < 4.78 is 8.80. The number of aromatic nitrogens is 3. The minimum absolute atomic E-state index is 0.613. The van der Waals surface area contributed by atoms with Gasteiger partial charge in [-0.05, 0) is 80.5 Å². The average molecular weight is 732 g/mol. The van der Waals surface area contributed by atoms with Crippen molar-refractivity contribution in [1.29, 1.82) is 0 Å². The monoisotopic (exact) mass is 731 g/mol. The van der Waals surface area contributed by atoms with Crippen molar-refractivity contribution in [2.24, 2.45) is 0 Å². The Labute approximate surface area is 325 Å². The highest BCUT2D eigenvalue weighted by atomic mass is 32.1. The Kier molecular flexibility index (Phi) is 6.76. The molecule has 12 rings (SSSR count). The molecule has 0 radical (unpaired) electrons. The quantitative estimate of drug-likeness (QED) is 0.181. The van der Waals surface area contributed by atoms with Gasteiger partial charge in [-0.25, -0.2) is 15.0 Å². The van der Waals surface area contributed by atoms with Crippen LogP contribution in [-0.4, -0.2) is 15.0 Å². The number of hydrogen-bond donors (Lipinski definition) is 0. The fourth-order valence-corrected chi connectivity index (χ4v) is 9.66. The highest BCUT2D eigenvalue weighted by Crippen LogP contribution is 2.43. The van der Waals surface area contributed by atoms with E-state index in [-0.39, 0.29) is 0 Å². The molecule has 0 amide bonds. The average Bonchev–Trinajstić information content (AvgIpc) is 3.84. The van der Waals surface area contributed by atoms with Crippen LogP contribution in [0.3, 0.4) is 0 Å². The molecule has 3 heterocycles. The summed E-state index contributed by atoms with van der Waals surface area (Å²) in [6.45, 7) is 0. The molecule has 0 unspecified atom stereocenters. The van der Waals surface area contributed by atoms with E-state index in [0.29, 0.717) is 17.5 Å². The third-order valence-corrected chi connectivity index (χ3v) is 12.3. The zero-order chi connectivity index (χ0) is 36.7. The molecule has 0 saturated heterocycles. The third kappa shape index (κ3) is 4.88. The summed E-state index contributed by atoms with van der Waals surface area (Å²) in [7, 11) is 0. The minimum atomic E-state index is 0.613. The van der Waals surface area contributed by atoms with E-state index in [0.717, 1.165) is 54.8 Å². The van der Waals surface area contributed by atoms with Gasteiger partial charge in [0.15, 0.2) is 17.5 Å². The first kappa shape index (κ1) is 31.2. The van der Waals surface area contributed by atoms with Gasteiger partial charge in [0.2, 0.25) is 0 Å². The molecule has 0 bridgehead atoms. The number of benzene rings is 9. The van der Waals surface area contributed by atoms with Gasteiger partial charge >= 0.3 is 0 Å². The molecule has 0 N–H and O–H groups in total. The molecule has 12 aromatic rings. The van der Waals surface area contributed by atoms with E-state index in [4.69, 9.17) is 19.4 Å². The maximum Gasteiger partial charge on any atom is 0.164 e. The first-order chi connectivity index (χ1) is 27.7.